The molecule has 1 atom stereocenters. The van der Waals surface area contributed by atoms with Crippen LogP contribution in [0.1, 0.15) is 42.4 Å². The SMILES string of the molecule is CCc1ncc(C(=O)N2CCN(CC3CC3)C(CCO)C2)cn1. The Labute approximate surface area is 137 Å². The fourth-order valence-electron chi connectivity index (χ4n) is 3.20. The van der Waals surface area contributed by atoms with Gasteiger partial charge in [-0.1, -0.05) is 6.92 Å². The van der Waals surface area contributed by atoms with Crippen molar-refractivity contribution < 1.29 is 9.90 Å². The third kappa shape index (κ3) is 4.06. The number of nitrogens with zero attached hydrogens (tertiary/aromatic N) is 4. The molecule has 6 heteroatoms. The molecule has 2 heterocycles. The fourth-order valence-corrected chi connectivity index (χ4v) is 3.20. The minimum atomic E-state index is 0.00154. The number of carbonyl (C=O) groups excluding carboxylic acids is 1. The monoisotopic (exact) mass is 318 g/mol. The van der Waals surface area contributed by atoms with Gasteiger partial charge in [-0.15, -0.1) is 0 Å². The molecule has 6 nitrogen and oxygen atoms in total. The van der Waals surface area contributed by atoms with Gasteiger partial charge in [-0.25, -0.2) is 9.97 Å². The van der Waals surface area contributed by atoms with E-state index in [1.165, 1.54) is 12.8 Å². The molecular formula is C17H26N4O2. The first-order chi connectivity index (χ1) is 11.2. The van der Waals surface area contributed by atoms with Crippen molar-refractivity contribution in [2.45, 2.75) is 38.6 Å². The molecule has 1 aromatic rings. The van der Waals surface area contributed by atoms with E-state index < -0.39 is 0 Å². The fraction of sp³-hybridized carbons (Fsp3) is 0.706. The molecule has 0 bridgehead atoms. The van der Waals surface area contributed by atoms with Crippen LogP contribution in [0.25, 0.3) is 0 Å². The maximum atomic E-state index is 12.7. The molecule has 23 heavy (non-hydrogen) atoms. The summed E-state index contributed by atoms with van der Waals surface area (Å²) in [6, 6.07) is 0.258. The number of amides is 1. The van der Waals surface area contributed by atoms with E-state index in [1.54, 1.807) is 12.4 Å². The van der Waals surface area contributed by atoms with Crippen LogP contribution in [-0.4, -0.2) is 69.6 Å². The first-order valence-electron chi connectivity index (χ1n) is 8.66. The lowest BCUT2D eigenvalue weighted by molar-refractivity contribution is 0.0406. The van der Waals surface area contributed by atoms with Crippen molar-refractivity contribution in [3.05, 3.63) is 23.8 Å². The summed E-state index contributed by atoms with van der Waals surface area (Å²) in [5.41, 5.74) is 0.556. The largest absolute Gasteiger partial charge is 0.396 e. The van der Waals surface area contributed by atoms with Gasteiger partial charge in [0.05, 0.1) is 5.56 Å². The zero-order valence-corrected chi connectivity index (χ0v) is 13.8. The summed E-state index contributed by atoms with van der Waals surface area (Å²) in [6.45, 7) is 5.59. The average Bonchev–Trinajstić information content (AvgIpc) is 3.40. The Bertz CT molecular complexity index is 530. The average molecular weight is 318 g/mol. The van der Waals surface area contributed by atoms with Crippen LogP contribution in [0.3, 0.4) is 0 Å². The number of hydrogen-bond acceptors (Lipinski definition) is 5. The minimum absolute atomic E-state index is 0.00154. The van der Waals surface area contributed by atoms with E-state index in [-0.39, 0.29) is 18.6 Å². The van der Waals surface area contributed by atoms with Gasteiger partial charge in [-0.05, 0) is 25.2 Å². The van der Waals surface area contributed by atoms with Gasteiger partial charge in [-0.3, -0.25) is 9.69 Å². The molecule has 1 aromatic heterocycles. The van der Waals surface area contributed by atoms with E-state index in [2.05, 4.69) is 14.9 Å². The van der Waals surface area contributed by atoms with Gasteiger partial charge < -0.3 is 10.0 Å². The highest BCUT2D eigenvalue weighted by molar-refractivity contribution is 5.93. The Kier molecular flexibility index (Phi) is 5.23. The lowest BCUT2D eigenvalue weighted by Gasteiger charge is -2.41. The van der Waals surface area contributed by atoms with Gasteiger partial charge in [0, 0.05) is 57.6 Å². The molecule has 1 aliphatic heterocycles. The van der Waals surface area contributed by atoms with Crippen LogP contribution in [0.5, 0.6) is 0 Å². The van der Waals surface area contributed by atoms with E-state index in [0.29, 0.717) is 12.1 Å². The van der Waals surface area contributed by atoms with Gasteiger partial charge >= 0.3 is 0 Å². The van der Waals surface area contributed by atoms with Gasteiger partial charge in [0.1, 0.15) is 5.82 Å². The van der Waals surface area contributed by atoms with E-state index in [1.807, 2.05) is 11.8 Å². The molecule has 2 aliphatic rings. The number of carbonyl (C=O) groups is 1. The van der Waals surface area contributed by atoms with E-state index >= 15 is 0 Å². The third-order valence-electron chi connectivity index (χ3n) is 4.81. The Balaban J connectivity index is 1.63. The Morgan fingerprint density at radius 2 is 2.04 bits per heavy atom. The lowest BCUT2D eigenvalue weighted by Crippen LogP contribution is -2.55. The molecule has 0 spiro atoms. The number of piperazine rings is 1. The van der Waals surface area contributed by atoms with Gasteiger partial charge in [0.2, 0.25) is 0 Å². The molecule has 1 amide bonds. The predicted molar refractivity (Wildman–Crippen MR) is 87.1 cm³/mol. The number of aliphatic hydroxyl groups is 1. The maximum absolute atomic E-state index is 12.7. The highest BCUT2D eigenvalue weighted by Gasteiger charge is 2.33. The molecule has 1 saturated carbocycles. The van der Waals surface area contributed by atoms with Crippen LogP contribution in [0.2, 0.25) is 0 Å². The molecule has 126 valence electrons. The summed E-state index contributed by atoms with van der Waals surface area (Å²) in [6.07, 6.45) is 7.41. The van der Waals surface area contributed by atoms with Crippen LogP contribution in [0.15, 0.2) is 12.4 Å². The Morgan fingerprint density at radius 1 is 1.30 bits per heavy atom. The summed E-state index contributed by atoms with van der Waals surface area (Å²) in [5.74, 6) is 1.59. The quantitative estimate of drug-likeness (QED) is 0.846. The number of rotatable bonds is 6. The second-order valence-electron chi connectivity index (χ2n) is 6.60. The highest BCUT2D eigenvalue weighted by atomic mass is 16.3. The first-order valence-corrected chi connectivity index (χ1v) is 8.66. The van der Waals surface area contributed by atoms with Crippen molar-refractivity contribution in [3.63, 3.8) is 0 Å². The predicted octanol–water partition coefficient (Wildman–Crippen LogP) is 0.958. The second-order valence-corrected chi connectivity index (χ2v) is 6.60. The molecule has 0 aromatic carbocycles. The van der Waals surface area contributed by atoms with Crippen molar-refractivity contribution >= 4 is 5.91 Å². The Morgan fingerprint density at radius 3 is 2.65 bits per heavy atom. The Hall–Kier alpha value is -1.53. The van der Waals surface area contributed by atoms with Gasteiger partial charge in [0.15, 0.2) is 0 Å². The summed E-state index contributed by atoms with van der Waals surface area (Å²) >= 11 is 0. The van der Waals surface area contributed by atoms with Gasteiger partial charge in [0.25, 0.3) is 5.91 Å². The topological polar surface area (TPSA) is 69.6 Å². The smallest absolute Gasteiger partial charge is 0.257 e. The summed E-state index contributed by atoms with van der Waals surface area (Å²) < 4.78 is 0. The van der Waals surface area contributed by atoms with E-state index in [4.69, 9.17) is 0 Å². The minimum Gasteiger partial charge on any atom is -0.396 e. The number of aryl methyl sites for hydroxylation is 1. The van der Waals surface area contributed by atoms with Crippen LogP contribution in [-0.2, 0) is 6.42 Å². The van der Waals surface area contributed by atoms with Crippen LogP contribution >= 0.6 is 0 Å². The molecule has 1 unspecified atom stereocenters. The highest BCUT2D eigenvalue weighted by Crippen LogP contribution is 2.31. The van der Waals surface area contributed by atoms with Crippen molar-refractivity contribution in [1.82, 2.24) is 19.8 Å². The normalized spacial score (nSPS) is 22.3. The second kappa shape index (κ2) is 7.36. The van der Waals surface area contributed by atoms with Crippen molar-refractivity contribution in [1.29, 1.82) is 0 Å². The summed E-state index contributed by atoms with van der Waals surface area (Å²) in [4.78, 5) is 25.4. The number of aliphatic hydroxyl groups excluding tert-OH is 1. The van der Waals surface area contributed by atoms with Crippen molar-refractivity contribution in [2.24, 2.45) is 5.92 Å². The maximum Gasteiger partial charge on any atom is 0.257 e. The van der Waals surface area contributed by atoms with Crippen LogP contribution in [0, 0.1) is 5.92 Å². The lowest BCUT2D eigenvalue weighted by atomic mass is 10.1. The zero-order valence-electron chi connectivity index (χ0n) is 13.8. The van der Waals surface area contributed by atoms with E-state index in [0.717, 1.165) is 44.2 Å². The number of hydrogen-bond donors (Lipinski definition) is 1. The molecule has 0 radical (unpaired) electrons. The molecule has 1 aliphatic carbocycles. The van der Waals surface area contributed by atoms with Crippen LogP contribution < -0.4 is 0 Å². The molecule has 1 N–H and O–H groups in total. The molecule has 2 fully saturated rings. The molecule has 3 rings (SSSR count). The standard InChI is InChI=1S/C17H26N4O2/c1-2-16-18-9-14(10-19-16)17(23)21-7-6-20(11-13-3-4-13)15(12-21)5-8-22/h9-10,13,15,22H,2-8,11-12H2,1H3. The van der Waals surface area contributed by atoms with Crippen LogP contribution in [0.4, 0.5) is 0 Å². The molecule has 1 saturated heterocycles. The summed E-state index contributed by atoms with van der Waals surface area (Å²) in [7, 11) is 0. The van der Waals surface area contributed by atoms with Crippen molar-refractivity contribution in [2.75, 3.05) is 32.8 Å². The van der Waals surface area contributed by atoms with Crippen molar-refractivity contribution in [3.8, 4) is 0 Å². The number of aromatic nitrogens is 2. The third-order valence-corrected chi connectivity index (χ3v) is 4.81. The molecular weight excluding hydrogens is 292 g/mol. The zero-order chi connectivity index (χ0) is 16.2. The summed E-state index contributed by atoms with van der Waals surface area (Å²) in [5, 5.41) is 9.34. The first kappa shape index (κ1) is 16.3. The van der Waals surface area contributed by atoms with E-state index in [9.17, 15) is 9.90 Å². The van der Waals surface area contributed by atoms with Gasteiger partial charge in [-0.2, -0.15) is 0 Å².